The molecular formula is C19H26N2O3. The minimum atomic E-state index is -0.113. The number of aromatic nitrogens is 1. The Morgan fingerprint density at radius 3 is 2.75 bits per heavy atom. The molecule has 130 valence electrons. The normalized spacial score (nSPS) is 16.5. The fraction of sp³-hybridized carbons (Fsp3) is 0.526. The predicted octanol–water partition coefficient (Wildman–Crippen LogP) is 3.88. The van der Waals surface area contributed by atoms with Crippen LogP contribution in [0.15, 0.2) is 40.9 Å². The van der Waals surface area contributed by atoms with Crippen LogP contribution in [0.1, 0.15) is 37.5 Å². The summed E-state index contributed by atoms with van der Waals surface area (Å²) < 4.78 is 16.4. The number of hydrogen-bond donors (Lipinski definition) is 0. The van der Waals surface area contributed by atoms with E-state index < -0.39 is 0 Å². The first-order chi connectivity index (χ1) is 11.9. The van der Waals surface area contributed by atoms with E-state index in [1.54, 1.807) is 7.11 Å². The zero-order chi connectivity index (χ0) is 16.6. The van der Waals surface area contributed by atoms with Gasteiger partial charge in [0, 0.05) is 18.7 Å². The summed E-state index contributed by atoms with van der Waals surface area (Å²) in [7, 11) is 1.64. The van der Waals surface area contributed by atoms with Crippen LogP contribution in [0.2, 0.25) is 0 Å². The van der Waals surface area contributed by atoms with Crippen LogP contribution >= 0.6 is 0 Å². The first-order valence-electron chi connectivity index (χ1n) is 8.72. The van der Waals surface area contributed by atoms with E-state index in [4.69, 9.17) is 14.0 Å². The average molecular weight is 330 g/mol. The van der Waals surface area contributed by atoms with E-state index in [2.05, 4.69) is 10.1 Å². The average Bonchev–Trinajstić information content (AvgIpc) is 3.30. The summed E-state index contributed by atoms with van der Waals surface area (Å²) in [6, 6.07) is 12.0. The Morgan fingerprint density at radius 1 is 1.21 bits per heavy atom. The van der Waals surface area contributed by atoms with Crippen molar-refractivity contribution in [2.24, 2.45) is 0 Å². The van der Waals surface area contributed by atoms with Crippen LogP contribution < -0.4 is 0 Å². The molecule has 2 heterocycles. The highest BCUT2D eigenvalue weighted by molar-refractivity contribution is 5.58. The third-order valence-electron chi connectivity index (χ3n) is 4.44. The summed E-state index contributed by atoms with van der Waals surface area (Å²) in [5, 5.41) is 4.19. The van der Waals surface area contributed by atoms with Gasteiger partial charge in [-0.3, -0.25) is 0 Å². The minimum Gasteiger partial charge on any atom is -0.359 e. The number of benzene rings is 1. The third-order valence-corrected chi connectivity index (χ3v) is 4.44. The molecule has 1 aliphatic heterocycles. The second-order valence-corrected chi connectivity index (χ2v) is 6.23. The van der Waals surface area contributed by atoms with Crippen molar-refractivity contribution in [2.45, 2.75) is 31.8 Å². The van der Waals surface area contributed by atoms with Crippen molar-refractivity contribution in [2.75, 3.05) is 33.5 Å². The van der Waals surface area contributed by atoms with Gasteiger partial charge in [-0.2, -0.15) is 0 Å². The molecule has 0 radical (unpaired) electrons. The molecule has 1 aromatic carbocycles. The van der Waals surface area contributed by atoms with Gasteiger partial charge in [0.2, 0.25) is 0 Å². The van der Waals surface area contributed by atoms with Crippen LogP contribution in [0.5, 0.6) is 0 Å². The lowest BCUT2D eigenvalue weighted by Gasteiger charge is -2.18. The molecule has 0 saturated carbocycles. The largest absolute Gasteiger partial charge is 0.359 e. The van der Waals surface area contributed by atoms with E-state index in [-0.39, 0.29) is 12.9 Å². The molecule has 1 aromatic heterocycles. The van der Waals surface area contributed by atoms with Gasteiger partial charge in [-0.05, 0) is 45.3 Å². The van der Waals surface area contributed by atoms with Gasteiger partial charge >= 0.3 is 0 Å². The highest BCUT2D eigenvalue weighted by atomic mass is 16.7. The number of nitrogens with zero attached hydrogens (tertiary/aromatic N) is 2. The van der Waals surface area contributed by atoms with Crippen molar-refractivity contribution < 1.29 is 14.0 Å². The fourth-order valence-electron chi connectivity index (χ4n) is 3.15. The van der Waals surface area contributed by atoms with Gasteiger partial charge in [0.1, 0.15) is 18.6 Å². The molecule has 1 fully saturated rings. The monoisotopic (exact) mass is 330 g/mol. The van der Waals surface area contributed by atoms with Crippen molar-refractivity contribution in [1.29, 1.82) is 0 Å². The molecule has 1 unspecified atom stereocenters. The Bertz CT molecular complexity index is 594. The molecule has 0 spiro atoms. The van der Waals surface area contributed by atoms with Crippen molar-refractivity contribution in [3.05, 3.63) is 42.2 Å². The van der Waals surface area contributed by atoms with E-state index >= 15 is 0 Å². The summed E-state index contributed by atoms with van der Waals surface area (Å²) in [6.07, 6.45) is 4.52. The summed E-state index contributed by atoms with van der Waals surface area (Å²) >= 11 is 0. The maximum Gasteiger partial charge on any atom is 0.166 e. The van der Waals surface area contributed by atoms with Gasteiger partial charge in [0.25, 0.3) is 0 Å². The van der Waals surface area contributed by atoms with Gasteiger partial charge in [-0.25, -0.2) is 0 Å². The number of ether oxygens (including phenoxy) is 2. The molecule has 1 saturated heterocycles. The molecule has 3 rings (SSSR count). The van der Waals surface area contributed by atoms with E-state index in [0.717, 1.165) is 36.4 Å². The quantitative estimate of drug-likeness (QED) is 0.653. The molecule has 24 heavy (non-hydrogen) atoms. The lowest BCUT2D eigenvalue weighted by atomic mass is 10.1. The third kappa shape index (κ3) is 4.66. The van der Waals surface area contributed by atoms with Crippen LogP contribution in [-0.2, 0) is 9.47 Å². The zero-order valence-corrected chi connectivity index (χ0v) is 14.3. The number of likely N-dealkylation sites (tertiary alicyclic amines) is 1. The smallest absolute Gasteiger partial charge is 0.166 e. The van der Waals surface area contributed by atoms with Crippen molar-refractivity contribution in [3.8, 4) is 11.3 Å². The molecule has 5 heteroatoms. The lowest BCUT2D eigenvalue weighted by Crippen LogP contribution is -2.21. The molecule has 1 atom stereocenters. The number of methoxy groups -OCH3 is 1. The van der Waals surface area contributed by atoms with Gasteiger partial charge in [0.05, 0.1) is 0 Å². The number of rotatable bonds is 9. The van der Waals surface area contributed by atoms with Gasteiger partial charge < -0.3 is 18.9 Å². The van der Waals surface area contributed by atoms with Gasteiger partial charge in [-0.1, -0.05) is 35.5 Å². The first kappa shape index (κ1) is 17.1. The Hall–Kier alpha value is -1.69. The molecule has 0 N–H and O–H groups in total. The summed E-state index contributed by atoms with van der Waals surface area (Å²) in [5.74, 6) is 0.771. The lowest BCUT2D eigenvalue weighted by molar-refractivity contribution is -0.0845. The van der Waals surface area contributed by atoms with Crippen LogP contribution in [-0.4, -0.2) is 43.6 Å². The molecular weight excluding hydrogens is 304 g/mol. The molecule has 5 nitrogen and oxygen atoms in total. The predicted molar refractivity (Wildman–Crippen MR) is 92.5 cm³/mol. The van der Waals surface area contributed by atoms with Gasteiger partial charge in [0.15, 0.2) is 5.76 Å². The van der Waals surface area contributed by atoms with Crippen LogP contribution in [0, 0.1) is 0 Å². The van der Waals surface area contributed by atoms with Crippen molar-refractivity contribution >= 4 is 0 Å². The van der Waals surface area contributed by atoms with E-state index in [0.29, 0.717) is 0 Å². The maximum absolute atomic E-state index is 5.82. The molecule has 1 aliphatic rings. The van der Waals surface area contributed by atoms with E-state index in [1.165, 1.54) is 25.9 Å². The first-order valence-corrected chi connectivity index (χ1v) is 8.72. The van der Waals surface area contributed by atoms with Crippen LogP contribution in [0.4, 0.5) is 0 Å². The summed E-state index contributed by atoms with van der Waals surface area (Å²) in [5.41, 5.74) is 1.89. The molecule has 0 aliphatic carbocycles. The second kappa shape index (κ2) is 8.97. The Balaban J connectivity index is 1.61. The maximum atomic E-state index is 5.82. The Kier molecular flexibility index (Phi) is 6.41. The zero-order valence-electron chi connectivity index (χ0n) is 14.3. The standard InChI is InChI=1S/C19H26N2O3/c1-22-15-23-18(10-7-13-21-11-5-6-12-21)19-14-17(20-24-19)16-8-3-2-4-9-16/h2-4,8-9,14,18H,5-7,10-13,15H2,1H3. The topological polar surface area (TPSA) is 47.7 Å². The molecule has 0 amide bonds. The van der Waals surface area contributed by atoms with E-state index in [1.807, 2.05) is 36.4 Å². The molecule has 0 bridgehead atoms. The molecule has 2 aromatic rings. The van der Waals surface area contributed by atoms with E-state index in [9.17, 15) is 0 Å². The Morgan fingerprint density at radius 2 is 2.00 bits per heavy atom. The van der Waals surface area contributed by atoms with Gasteiger partial charge in [-0.15, -0.1) is 0 Å². The highest BCUT2D eigenvalue weighted by Crippen LogP contribution is 2.27. The van der Waals surface area contributed by atoms with Crippen LogP contribution in [0.3, 0.4) is 0 Å². The Labute approximate surface area is 143 Å². The van der Waals surface area contributed by atoms with Crippen molar-refractivity contribution in [3.63, 3.8) is 0 Å². The fourth-order valence-corrected chi connectivity index (χ4v) is 3.15. The number of hydrogen-bond acceptors (Lipinski definition) is 5. The second-order valence-electron chi connectivity index (χ2n) is 6.23. The summed E-state index contributed by atoms with van der Waals surface area (Å²) in [4.78, 5) is 2.52. The van der Waals surface area contributed by atoms with Crippen molar-refractivity contribution in [1.82, 2.24) is 10.1 Å². The minimum absolute atomic E-state index is 0.113. The summed E-state index contributed by atoms with van der Waals surface area (Å²) in [6.45, 7) is 3.83. The highest BCUT2D eigenvalue weighted by Gasteiger charge is 2.19. The van der Waals surface area contributed by atoms with Crippen LogP contribution in [0.25, 0.3) is 11.3 Å². The SMILES string of the molecule is COCOC(CCCN1CCCC1)c1cc(-c2ccccc2)no1.